The number of aromatic nitrogens is 1. The van der Waals surface area contributed by atoms with Gasteiger partial charge in [0.2, 0.25) is 0 Å². The van der Waals surface area contributed by atoms with Crippen LogP contribution in [0, 0.1) is 13.8 Å². The molecule has 0 unspecified atom stereocenters. The fraction of sp³-hybridized carbons (Fsp3) is 0.391. The number of halogens is 1. The van der Waals surface area contributed by atoms with Crippen molar-refractivity contribution in [3.63, 3.8) is 0 Å². The minimum absolute atomic E-state index is 0.164. The number of aromatic amines is 1. The number of hydrogen-bond acceptors (Lipinski definition) is 3. The standard InChI is InChI=1S/C23H28BrN3O2/c1-5-18-19(11-16(24)12-21(18)27(4)17-8-6-7-9-17)22(28)25-13-20-14(2)10-15(3)26-23(20)29/h5,10-12,17H,1,6-9,13H2,2-4H3,(H,25,28)(H,26,29). The quantitative estimate of drug-likeness (QED) is 0.659. The van der Waals surface area contributed by atoms with Gasteiger partial charge in [0, 0.05) is 52.2 Å². The average molecular weight is 458 g/mol. The zero-order valence-corrected chi connectivity index (χ0v) is 18.9. The molecule has 1 aromatic carbocycles. The molecule has 3 rings (SSSR count). The van der Waals surface area contributed by atoms with Gasteiger partial charge in [0.05, 0.1) is 0 Å². The van der Waals surface area contributed by atoms with Crippen LogP contribution >= 0.6 is 15.9 Å². The predicted octanol–water partition coefficient (Wildman–Crippen LogP) is 4.71. The Kier molecular flexibility index (Phi) is 6.63. The number of rotatable bonds is 6. The molecule has 0 saturated heterocycles. The molecule has 0 radical (unpaired) electrons. The summed E-state index contributed by atoms with van der Waals surface area (Å²) in [5.74, 6) is -0.221. The topological polar surface area (TPSA) is 65.2 Å². The highest BCUT2D eigenvalue weighted by Gasteiger charge is 2.24. The van der Waals surface area contributed by atoms with E-state index >= 15 is 0 Å². The van der Waals surface area contributed by atoms with E-state index in [0.717, 1.165) is 39.8 Å². The maximum absolute atomic E-state index is 13.0. The Morgan fingerprint density at radius 3 is 2.62 bits per heavy atom. The molecule has 154 valence electrons. The van der Waals surface area contributed by atoms with Gasteiger partial charge in [-0.05, 0) is 50.5 Å². The number of amides is 1. The van der Waals surface area contributed by atoms with Crippen molar-refractivity contribution in [3.8, 4) is 0 Å². The van der Waals surface area contributed by atoms with Crippen LogP contribution in [0.4, 0.5) is 5.69 Å². The summed E-state index contributed by atoms with van der Waals surface area (Å²) in [5, 5.41) is 2.91. The molecule has 0 spiro atoms. The van der Waals surface area contributed by atoms with Gasteiger partial charge in [-0.1, -0.05) is 41.4 Å². The second kappa shape index (κ2) is 8.99. The van der Waals surface area contributed by atoms with Gasteiger partial charge in [-0.25, -0.2) is 0 Å². The molecule has 1 fully saturated rings. The maximum atomic E-state index is 13.0. The van der Waals surface area contributed by atoms with Crippen LogP contribution in [0.15, 0.2) is 34.0 Å². The van der Waals surface area contributed by atoms with E-state index in [9.17, 15) is 9.59 Å². The van der Waals surface area contributed by atoms with E-state index in [1.807, 2.05) is 32.0 Å². The summed E-state index contributed by atoms with van der Waals surface area (Å²) in [6.07, 6.45) is 6.55. The van der Waals surface area contributed by atoms with Gasteiger partial charge < -0.3 is 15.2 Å². The zero-order chi connectivity index (χ0) is 21.1. The van der Waals surface area contributed by atoms with Crippen molar-refractivity contribution >= 4 is 33.6 Å². The SMILES string of the molecule is C=Cc1c(C(=O)NCc2c(C)cc(C)[nH]c2=O)cc(Br)cc1N(C)C1CCCC1. The molecule has 1 heterocycles. The third kappa shape index (κ3) is 4.64. The van der Waals surface area contributed by atoms with Gasteiger partial charge in [0.1, 0.15) is 0 Å². The Balaban J connectivity index is 1.88. The summed E-state index contributed by atoms with van der Waals surface area (Å²) >= 11 is 3.55. The Bertz CT molecular complexity index is 990. The van der Waals surface area contributed by atoms with Crippen LogP contribution < -0.4 is 15.8 Å². The zero-order valence-electron chi connectivity index (χ0n) is 17.3. The molecule has 1 aliphatic rings. The number of benzene rings is 1. The fourth-order valence-electron chi connectivity index (χ4n) is 4.15. The van der Waals surface area contributed by atoms with E-state index in [4.69, 9.17) is 0 Å². The smallest absolute Gasteiger partial charge is 0.253 e. The summed E-state index contributed by atoms with van der Waals surface area (Å²) in [7, 11) is 2.08. The van der Waals surface area contributed by atoms with E-state index < -0.39 is 0 Å². The lowest BCUT2D eigenvalue weighted by Crippen LogP contribution is -2.31. The number of pyridine rings is 1. The number of hydrogen-bond donors (Lipinski definition) is 2. The molecule has 1 saturated carbocycles. The lowest BCUT2D eigenvalue weighted by Gasteiger charge is -2.29. The molecule has 6 heteroatoms. The van der Waals surface area contributed by atoms with Crippen molar-refractivity contribution in [1.29, 1.82) is 0 Å². The number of carbonyl (C=O) groups is 1. The number of carbonyl (C=O) groups excluding carboxylic acids is 1. The number of nitrogens with zero attached hydrogens (tertiary/aromatic N) is 1. The van der Waals surface area contributed by atoms with Crippen molar-refractivity contribution in [2.24, 2.45) is 0 Å². The minimum atomic E-state index is -0.221. The van der Waals surface area contributed by atoms with Crippen LogP contribution in [0.2, 0.25) is 0 Å². The Morgan fingerprint density at radius 1 is 1.31 bits per heavy atom. The fourth-order valence-corrected chi connectivity index (χ4v) is 4.60. The number of aryl methyl sites for hydroxylation is 2. The Hall–Kier alpha value is -2.34. The number of H-pyrrole nitrogens is 1. The van der Waals surface area contributed by atoms with E-state index in [0.29, 0.717) is 17.2 Å². The largest absolute Gasteiger partial charge is 0.371 e. The average Bonchev–Trinajstić information content (AvgIpc) is 3.20. The molecule has 0 atom stereocenters. The second-order valence-corrected chi connectivity index (χ2v) is 8.68. The molecule has 0 bridgehead atoms. The number of anilines is 1. The van der Waals surface area contributed by atoms with Crippen LogP contribution in [-0.4, -0.2) is 24.0 Å². The molecule has 2 N–H and O–H groups in total. The Morgan fingerprint density at radius 2 is 2.00 bits per heavy atom. The molecule has 1 aliphatic carbocycles. The monoisotopic (exact) mass is 457 g/mol. The predicted molar refractivity (Wildman–Crippen MR) is 123 cm³/mol. The molecule has 5 nitrogen and oxygen atoms in total. The summed E-state index contributed by atoms with van der Waals surface area (Å²) in [6.45, 7) is 7.86. The maximum Gasteiger partial charge on any atom is 0.253 e. The van der Waals surface area contributed by atoms with Crippen LogP contribution in [0.5, 0.6) is 0 Å². The first kappa shape index (κ1) is 21.4. The van der Waals surface area contributed by atoms with Crippen molar-refractivity contribution in [3.05, 3.63) is 67.6 Å². The molecular formula is C23H28BrN3O2. The minimum Gasteiger partial charge on any atom is -0.371 e. The van der Waals surface area contributed by atoms with Gasteiger partial charge in [-0.3, -0.25) is 9.59 Å². The highest BCUT2D eigenvalue weighted by Crippen LogP contribution is 2.34. The van der Waals surface area contributed by atoms with Gasteiger partial charge in [-0.2, -0.15) is 0 Å². The molecule has 1 amide bonds. The summed E-state index contributed by atoms with van der Waals surface area (Å²) in [6, 6.07) is 6.24. The van der Waals surface area contributed by atoms with Crippen LogP contribution in [-0.2, 0) is 6.54 Å². The highest BCUT2D eigenvalue weighted by molar-refractivity contribution is 9.10. The molecule has 2 aromatic rings. The van der Waals surface area contributed by atoms with Gasteiger partial charge in [-0.15, -0.1) is 0 Å². The third-order valence-corrected chi connectivity index (χ3v) is 6.20. The highest BCUT2D eigenvalue weighted by atomic mass is 79.9. The van der Waals surface area contributed by atoms with E-state index in [2.05, 4.69) is 44.8 Å². The first-order valence-corrected chi connectivity index (χ1v) is 10.8. The van der Waals surface area contributed by atoms with Crippen molar-refractivity contribution < 1.29 is 4.79 Å². The van der Waals surface area contributed by atoms with Crippen LogP contribution in [0.1, 0.15) is 58.4 Å². The Labute approximate surface area is 180 Å². The summed E-state index contributed by atoms with van der Waals surface area (Å²) in [5.41, 5.74) is 4.44. The van der Waals surface area contributed by atoms with Crippen molar-refractivity contribution in [1.82, 2.24) is 10.3 Å². The van der Waals surface area contributed by atoms with Gasteiger partial charge >= 0.3 is 0 Å². The number of nitrogens with one attached hydrogen (secondary N) is 2. The van der Waals surface area contributed by atoms with E-state index in [-0.39, 0.29) is 18.0 Å². The van der Waals surface area contributed by atoms with Crippen molar-refractivity contribution in [2.45, 2.75) is 52.1 Å². The molecule has 29 heavy (non-hydrogen) atoms. The molecular weight excluding hydrogens is 430 g/mol. The first-order chi connectivity index (χ1) is 13.8. The van der Waals surface area contributed by atoms with Gasteiger partial charge in [0.15, 0.2) is 0 Å². The molecule has 1 aromatic heterocycles. The summed E-state index contributed by atoms with van der Waals surface area (Å²) in [4.78, 5) is 30.3. The van der Waals surface area contributed by atoms with Crippen LogP contribution in [0.3, 0.4) is 0 Å². The van der Waals surface area contributed by atoms with Crippen LogP contribution in [0.25, 0.3) is 6.08 Å². The van der Waals surface area contributed by atoms with Crippen molar-refractivity contribution in [2.75, 3.05) is 11.9 Å². The van der Waals surface area contributed by atoms with Gasteiger partial charge in [0.25, 0.3) is 11.5 Å². The lowest BCUT2D eigenvalue weighted by molar-refractivity contribution is 0.0950. The lowest BCUT2D eigenvalue weighted by atomic mass is 10.0. The second-order valence-electron chi connectivity index (χ2n) is 7.77. The first-order valence-electron chi connectivity index (χ1n) is 9.98. The third-order valence-electron chi connectivity index (χ3n) is 5.74. The normalized spacial score (nSPS) is 14.1. The summed E-state index contributed by atoms with van der Waals surface area (Å²) < 4.78 is 0.845. The van der Waals surface area contributed by atoms with E-state index in [1.54, 1.807) is 6.08 Å². The van der Waals surface area contributed by atoms with E-state index in [1.165, 1.54) is 12.8 Å². The molecule has 0 aliphatic heterocycles.